The van der Waals surface area contributed by atoms with Crippen molar-refractivity contribution >= 4 is 0 Å². The van der Waals surface area contributed by atoms with Crippen molar-refractivity contribution < 1.29 is 4.39 Å². The third kappa shape index (κ3) is 3.76. The standard InChI is InChI=1S/C24H20FN5O/c1-15(2)22-8-7-16(11-27-22)18-9-24(31)29(3)14-20(18)17-12-28-30(13-17)23-6-4-5-21(25)19(23)10-26/h4-9,11-15H,1-3H3. The fraction of sp³-hybridized carbons (Fsp3) is 0.167. The van der Waals surface area contributed by atoms with E-state index >= 15 is 0 Å². The number of pyridine rings is 2. The molecule has 0 bridgehead atoms. The second-order valence-corrected chi connectivity index (χ2v) is 7.60. The Labute approximate surface area is 178 Å². The summed E-state index contributed by atoms with van der Waals surface area (Å²) in [6.07, 6.45) is 6.85. The fourth-order valence-electron chi connectivity index (χ4n) is 3.41. The largest absolute Gasteiger partial charge is 0.318 e. The van der Waals surface area contributed by atoms with Crippen molar-refractivity contribution in [3.63, 3.8) is 0 Å². The summed E-state index contributed by atoms with van der Waals surface area (Å²) in [4.78, 5) is 16.9. The number of halogens is 1. The van der Waals surface area contributed by atoms with E-state index in [2.05, 4.69) is 23.9 Å². The van der Waals surface area contributed by atoms with Crippen LogP contribution in [0.3, 0.4) is 0 Å². The summed E-state index contributed by atoms with van der Waals surface area (Å²) >= 11 is 0. The summed E-state index contributed by atoms with van der Waals surface area (Å²) in [6.45, 7) is 4.14. The van der Waals surface area contributed by atoms with Gasteiger partial charge in [-0.25, -0.2) is 9.07 Å². The highest BCUT2D eigenvalue weighted by molar-refractivity contribution is 5.82. The Balaban J connectivity index is 1.85. The molecule has 0 radical (unpaired) electrons. The molecule has 0 spiro atoms. The number of hydrogen-bond acceptors (Lipinski definition) is 4. The van der Waals surface area contributed by atoms with Gasteiger partial charge in [-0.2, -0.15) is 10.4 Å². The molecule has 0 aliphatic heterocycles. The van der Waals surface area contributed by atoms with E-state index in [0.717, 1.165) is 27.9 Å². The molecule has 1 aromatic carbocycles. The zero-order valence-electron chi connectivity index (χ0n) is 17.4. The van der Waals surface area contributed by atoms with Gasteiger partial charge in [0.25, 0.3) is 5.56 Å². The van der Waals surface area contributed by atoms with Crippen LogP contribution < -0.4 is 5.56 Å². The highest BCUT2D eigenvalue weighted by Gasteiger charge is 2.15. The van der Waals surface area contributed by atoms with Crippen LogP contribution in [-0.2, 0) is 7.05 Å². The Morgan fingerprint density at radius 2 is 1.87 bits per heavy atom. The Morgan fingerprint density at radius 1 is 1.06 bits per heavy atom. The molecule has 6 nitrogen and oxygen atoms in total. The van der Waals surface area contributed by atoms with Crippen molar-refractivity contribution in [3.05, 3.63) is 88.6 Å². The van der Waals surface area contributed by atoms with E-state index in [-0.39, 0.29) is 11.1 Å². The number of benzene rings is 1. The van der Waals surface area contributed by atoms with Crippen molar-refractivity contribution in [1.82, 2.24) is 19.3 Å². The number of aromatic nitrogens is 4. The van der Waals surface area contributed by atoms with Crippen molar-refractivity contribution in [1.29, 1.82) is 5.26 Å². The second kappa shape index (κ2) is 8.00. The lowest BCUT2D eigenvalue weighted by molar-refractivity contribution is 0.621. The molecule has 31 heavy (non-hydrogen) atoms. The molecule has 7 heteroatoms. The van der Waals surface area contributed by atoms with E-state index in [1.807, 2.05) is 18.2 Å². The maximum absolute atomic E-state index is 14.0. The van der Waals surface area contributed by atoms with Gasteiger partial charge >= 0.3 is 0 Å². The molecule has 4 aromatic rings. The Bertz CT molecular complexity index is 1360. The minimum Gasteiger partial charge on any atom is -0.318 e. The maximum Gasteiger partial charge on any atom is 0.250 e. The quantitative estimate of drug-likeness (QED) is 0.496. The third-order valence-electron chi connectivity index (χ3n) is 5.16. The van der Waals surface area contributed by atoms with Gasteiger partial charge < -0.3 is 4.57 Å². The molecule has 0 N–H and O–H groups in total. The highest BCUT2D eigenvalue weighted by Crippen LogP contribution is 2.31. The van der Waals surface area contributed by atoms with Crippen LogP contribution in [0.5, 0.6) is 0 Å². The molecule has 0 aliphatic carbocycles. The molecular weight excluding hydrogens is 393 g/mol. The summed E-state index contributed by atoms with van der Waals surface area (Å²) in [5.41, 5.74) is 4.15. The van der Waals surface area contributed by atoms with E-state index in [9.17, 15) is 14.4 Å². The Morgan fingerprint density at radius 3 is 2.55 bits per heavy atom. The average Bonchev–Trinajstić information content (AvgIpc) is 3.25. The molecule has 0 amide bonds. The first-order valence-electron chi connectivity index (χ1n) is 9.80. The van der Waals surface area contributed by atoms with Gasteiger partial charge in [0, 0.05) is 54.1 Å². The lowest BCUT2D eigenvalue weighted by Gasteiger charge is -2.11. The van der Waals surface area contributed by atoms with Gasteiger partial charge in [-0.1, -0.05) is 26.0 Å². The first-order valence-corrected chi connectivity index (χ1v) is 9.80. The van der Waals surface area contributed by atoms with Crippen molar-refractivity contribution in [3.8, 4) is 34.0 Å². The molecule has 3 aromatic heterocycles. The van der Waals surface area contributed by atoms with Gasteiger partial charge in [0.2, 0.25) is 0 Å². The van der Waals surface area contributed by atoms with Gasteiger partial charge in [0.1, 0.15) is 17.4 Å². The van der Waals surface area contributed by atoms with Crippen LogP contribution in [0.15, 0.2) is 66.0 Å². The van der Waals surface area contributed by atoms with Crippen LogP contribution in [0.4, 0.5) is 4.39 Å². The first-order chi connectivity index (χ1) is 14.9. The van der Waals surface area contributed by atoms with E-state index < -0.39 is 5.82 Å². The van der Waals surface area contributed by atoms with Crippen LogP contribution in [-0.4, -0.2) is 19.3 Å². The molecule has 0 fully saturated rings. The highest BCUT2D eigenvalue weighted by atomic mass is 19.1. The Hall–Kier alpha value is -4.05. The number of hydrogen-bond donors (Lipinski definition) is 0. The molecule has 154 valence electrons. The molecule has 0 aliphatic rings. The van der Waals surface area contributed by atoms with Crippen molar-refractivity contribution in [2.24, 2.45) is 7.05 Å². The predicted molar refractivity (Wildman–Crippen MR) is 116 cm³/mol. The number of nitrogens with zero attached hydrogens (tertiary/aromatic N) is 5. The average molecular weight is 413 g/mol. The Kier molecular flexibility index (Phi) is 5.22. The monoisotopic (exact) mass is 413 g/mol. The topological polar surface area (TPSA) is 76.5 Å². The summed E-state index contributed by atoms with van der Waals surface area (Å²) in [5, 5.41) is 13.7. The van der Waals surface area contributed by atoms with Crippen LogP contribution in [0.2, 0.25) is 0 Å². The zero-order valence-corrected chi connectivity index (χ0v) is 17.4. The van der Waals surface area contributed by atoms with E-state index in [0.29, 0.717) is 11.6 Å². The smallest absolute Gasteiger partial charge is 0.250 e. The van der Waals surface area contributed by atoms with E-state index in [1.165, 1.54) is 21.4 Å². The summed E-state index contributed by atoms with van der Waals surface area (Å²) in [7, 11) is 1.68. The SMILES string of the molecule is CC(C)c1ccc(-c2cc(=O)n(C)cc2-c2cnn(-c3cccc(F)c3C#N)c2)cn1. The normalized spacial score (nSPS) is 11.0. The molecule has 0 saturated heterocycles. The molecule has 0 unspecified atom stereocenters. The number of rotatable bonds is 4. The van der Waals surface area contributed by atoms with Crippen molar-refractivity contribution in [2.45, 2.75) is 19.8 Å². The molecular formula is C24H20FN5O. The van der Waals surface area contributed by atoms with E-state index in [4.69, 9.17) is 0 Å². The molecule has 4 rings (SSSR count). The van der Waals surface area contributed by atoms with Crippen LogP contribution in [0, 0.1) is 17.1 Å². The summed E-state index contributed by atoms with van der Waals surface area (Å²) in [6, 6.07) is 11.8. The van der Waals surface area contributed by atoms with Crippen LogP contribution in [0.25, 0.3) is 27.9 Å². The lowest BCUT2D eigenvalue weighted by Crippen LogP contribution is -2.15. The zero-order chi connectivity index (χ0) is 22.1. The predicted octanol–water partition coefficient (Wildman–Crippen LogP) is 4.43. The molecule has 3 heterocycles. The third-order valence-corrected chi connectivity index (χ3v) is 5.16. The van der Waals surface area contributed by atoms with Gasteiger partial charge in [-0.15, -0.1) is 0 Å². The van der Waals surface area contributed by atoms with Crippen LogP contribution >= 0.6 is 0 Å². The first kappa shape index (κ1) is 20.2. The van der Waals surface area contributed by atoms with Gasteiger partial charge in [-0.3, -0.25) is 9.78 Å². The number of aryl methyl sites for hydroxylation is 1. The van der Waals surface area contributed by atoms with E-state index in [1.54, 1.807) is 44.0 Å². The fourth-order valence-corrected chi connectivity index (χ4v) is 3.41. The van der Waals surface area contributed by atoms with Crippen molar-refractivity contribution in [2.75, 3.05) is 0 Å². The van der Waals surface area contributed by atoms with Gasteiger partial charge in [0.15, 0.2) is 0 Å². The minimum atomic E-state index is -0.601. The molecule has 0 saturated carbocycles. The van der Waals surface area contributed by atoms with Gasteiger partial charge in [0.05, 0.1) is 11.9 Å². The second-order valence-electron chi connectivity index (χ2n) is 7.60. The lowest BCUT2D eigenvalue weighted by atomic mass is 9.98. The summed E-state index contributed by atoms with van der Waals surface area (Å²) in [5.74, 6) is -0.299. The molecule has 0 atom stereocenters. The minimum absolute atomic E-state index is 0.0775. The van der Waals surface area contributed by atoms with Crippen LogP contribution in [0.1, 0.15) is 31.0 Å². The maximum atomic E-state index is 14.0. The van der Waals surface area contributed by atoms with Gasteiger partial charge in [-0.05, 0) is 29.7 Å². The number of nitriles is 1. The summed E-state index contributed by atoms with van der Waals surface area (Å²) < 4.78 is 17.0.